The van der Waals surface area contributed by atoms with E-state index in [-0.39, 0.29) is 0 Å². The third kappa shape index (κ3) is 5.50. The predicted molar refractivity (Wildman–Crippen MR) is 246 cm³/mol. The summed E-state index contributed by atoms with van der Waals surface area (Å²) < 4.78 is 4.85. The van der Waals surface area contributed by atoms with E-state index in [2.05, 4.69) is 204 Å². The molecular weight excluding hydrogens is 715 g/mol. The summed E-state index contributed by atoms with van der Waals surface area (Å²) in [5.74, 6) is 0. The highest BCUT2D eigenvalue weighted by Gasteiger charge is 2.26. The van der Waals surface area contributed by atoms with Gasteiger partial charge in [0.15, 0.2) is 0 Å². The molecule has 0 bridgehead atoms. The number of aromatic nitrogens is 2. The third-order valence-electron chi connectivity index (χ3n) is 11.9. The Kier molecular flexibility index (Phi) is 8.10. The smallest absolute Gasteiger partial charge is 0.100 e. The van der Waals surface area contributed by atoms with E-state index in [1.54, 1.807) is 0 Å². The topological polar surface area (TPSA) is 33.6 Å². The Morgan fingerprint density at radius 1 is 0.390 bits per heavy atom. The molecule has 0 aliphatic heterocycles. The molecule has 0 fully saturated rings. The first-order chi connectivity index (χ1) is 29.2. The molecule has 9 aromatic carbocycles. The quantitative estimate of drug-likeness (QED) is 0.167. The van der Waals surface area contributed by atoms with Crippen molar-refractivity contribution < 1.29 is 0 Å². The zero-order valence-electron chi connectivity index (χ0n) is 32.5. The summed E-state index contributed by atoms with van der Waals surface area (Å²) in [4.78, 5) is 0. The fraction of sp³-hybridized carbons (Fsp3) is 0.0179. The van der Waals surface area contributed by atoms with Crippen molar-refractivity contribution in [2.75, 3.05) is 0 Å². The van der Waals surface area contributed by atoms with Crippen LogP contribution in [0.4, 0.5) is 0 Å². The van der Waals surface area contributed by atoms with Gasteiger partial charge in [-0.2, -0.15) is 5.26 Å². The van der Waals surface area contributed by atoms with Crippen LogP contribution < -0.4 is 0 Å². The maximum atomic E-state index is 11.2. The van der Waals surface area contributed by atoms with Crippen molar-refractivity contribution in [3.63, 3.8) is 0 Å². The van der Waals surface area contributed by atoms with Crippen LogP contribution in [0.1, 0.15) is 11.1 Å². The predicted octanol–water partition coefficient (Wildman–Crippen LogP) is 14.7. The third-order valence-corrected chi connectivity index (χ3v) is 11.9. The molecule has 0 radical (unpaired) electrons. The molecule has 2 aromatic heterocycles. The normalized spacial score (nSPS) is 11.5. The van der Waals surface area contributed by atoms with Crippen molar-refractivity contribution in [1.82, 2.24) is 9.13 Å². The van der Waals surface area contributed by atoms with Crippen LogP contribution in [-0.2, 0) is 0 Å². The van der Waals surface area contributed by atoms with Crippen LogP contribution in [0.3, 0.4) is 0 Å². The lowest BCUT2D eigenvalue weighted by Gasteiger charge is -2.23. The van der Waals surface area contributed by atoms with Crippen LogP contribution in [-0.4, -0.2) is 9.13 Å². The number of para-hydroxylation sites is 3. The monoisotopic (exact) mass is 751 g/mol. The number of hydrogen-bond donors (Lipinski definition) is 0. The molecule has 0 saturated carbocycles. The molecule has 0 saturated heterocycles. The van der Waals surface area contributed by atoms with Gasteiger partial charge >= 0.3 is 0 Å². The first-order valence-electron chi connectivity index (χ1n) is 20.1. The van der Waals surface area contributed by atoms with E-state index in [1.807, 2.05) is 24.3 Å². The molecule has 0 aliphatic carbocycles. The zero-order chi connectivity index (χ0) is 39.5. The minimum Gasteiger partial charge on any atom is -0.309 e. The first-order valence-corrected chi connectivity index (χ1v) is 20.1. The molecular formula is C56H37N3. The maximum absolute atomic E-state index is 11.2. The summed E-state index contributed by atoms with van der Waals surface area (Å²) in [6.45, 7) is 2.20. The average Bonchev–Trinajstić information content (AvgIpc) is 3.82. The Bertz CT molecular complexity index is 3440. The number of nitriles is 1. The van der Waals surface area contributed by atoms with Crippen LogP contribution in [0, 0.1) is 18.3 Å². The summed E-state index contributed by atoms with van der Waals surface area (Å²) in [6, 6.07) is 76.0. The highest BCUT2D eigenvalue weighted by Crippen LogP contribution is 2.47. The number of aryl methyl sites for hydroxylation is 1. The molecule has 276 valence electrons. The second kappa shape index (κ2) is 13.9. The van der Waals surface area contributed by atoms with Crippen molar-refractivity contribution in [2.45, 2.75) is 6.92 Å². The number of fused-ring (bicyclic) bond motifs is 6. The van der Waals surface area contributed by atoms with E-state index in [0.717, 1.165) is 77.7 Å². The molecule has 2 heterocycles. The number of benzene rings is 9. The minimum atomic E-state index is 0.649. The highest BCUT2D eigenvalue weighted by molar-refractivity contribution is 6.13. The van der Waals surface area contributed by atoms with Crippen LogP contribution in [0.15, 0.2) is 206 Å². The van der Waals surface area contributed by atoms with Crippen LogP contribution in [0.25, 0.3) is 99.5 Å². The number of nitrogens with zero attached hydrogens (tertiary/aromatic N) is 3. The van der Waals surface area contributed by atoms with Crippen LogP contribution in [0.5, 0.6) is 0 Å². The Hall–Kier alpha value is -7.93. The molecule has 0 spiro atoms. The van der Waals surface area contributed by atoms with Gasteiger partial charge in [-0.3, -0.25) is 0 Å². The second-order valence-corrected chi connectivity index (χ2v) is 15.2. The lowest BCUT2D eigenvalue weighted by molar-refractivity contribution is 1.16. The SMILES string of the molecule is Cc1cccc2c3ccccc3n(-c3ccc4c(c3)c3ccccc3n4-c3cc(-c4ccccc4)c(C#N)c(-c4ccccc4)c3-c3cccc(-c4ccccc4)c3)c12. The van der Waals surface area contributed by atoms with E-state index in [9.17, 15) is 5.26 Å². The molecule has 0 amide bonds. The van der Waals surface area contributed by atoms with Gasteiger partial charge < -0.3 is 9.13 Å². The second-order valence-electron chi connectivity index (χ2n) is 15.2. The van der Waals surface area contributed by atoms with Crippen molar-refractivity contribution in [3.8, 4) is 62.0 Å². The first kappa shape index (κ1) is 34.3. The molecule has 0 unspecified atom stereocenters. The Balaban J connectivity index is 1.27. The Morgan fingerprint density at radius 2 is 0.932 bits per heavy atom. The van der Waals surface area contributed by atoms with Gasteiger partial charge in [0.2, 0.25) is 0 Å². The average molecular weight is 752 g/mol. The van der Waals surface area contributed by atoms with Crippen molar-refractivity contribution in [1.29, 1.82) is 5.26 Å². The molecule has 59 heavy (non-hydrogen) atoms. The van der Waals surface area contributed by atoms with E-state index < -0.39 is 0 Å². The van der Waals surface area contributed by atoms with Crippen molar-refractivity contribution in [3.05, 3.63) is 217 Å². The van der Waals surface area contributed by atoms with Crippen molar-refractivity contribution in [2.24, 2.45) is 0 Å². The van der Waals surface area contributed by atoms with Gasteiger partial charge in [0.05, 0.1) is 33.3 Å². The van der Waals surface area contributed by atoms with Gasteiger partial charge in [-0.25, -0.2) is 0 Å². The molecule has 11 aromatic rings. The van der Waals surface area contributed by atoms with Crippen molar-refractivity contribution >= 4 is 43.6 Å². The fourth-order valence-electron chi connectivity index (χ4n) is 9.29. The Labute approximate surface area is 342 Å². The lowest BCUT2D eigenvalue weighted by Crippen LogP contribution is -2.04. The van der Waals surface area contributed by atoms with Gasteiger partial charge in [0, 0.05) is 43.9 Å². The largest absolute Gasteiger partial charge is 0.309 e. The summed E-state index contributed by atoms with van der Waals surface area (Å²) in [5.41, 5.74) is 16.7. The summed E-state index contributed by atoms with van der Waals surface area (Å²) in [7, 11) is 0. The van der Waals surface area contributed by atoms with Gasteiger partial charge in [-0.05, 0) is 82.8 Å². The standard InChI is InChI=1S/C56H37N3/c1-37-17-15-28-46-44-26-11-13-29-50(44)58(56(37)46)43-31-32-52-48(34-43)45-27-12-14-30-51(45)59(52)53-35-47(39-20-7-3-8-21-39)49(36-57)54(40-22-9-4-10-23-40)55(53)42-25-16-24-41(33-42)38-18-5-2-6-19-38/h2-35H,1H3. The van der Waals surface area contributed by atoms with Gasteiger partial charge in [-0.15, -0.1) is 0 Å². The maximum Gasteiger partial charge on any atom is 0.100 e. The molecule has 3 nitrogen and oxygen atoms in total. The van der Waals surface area contributed by atoms with Crippen LogP contribution in [0.2, 0.25) is 0 Å². The molecule has 3 heteroatoms. The molecule has 11 rings (SSSR count). The van der Waals surface area contributed by atoms with E-state index in [0.29, 0.717) is 5.56 Å². The van der Waals surface area contributed by atoms with Gasteiger partial charge in [0.1, 0.15) is 6.07 Å². The van der Waals surface area contributed by atoms with Crippen LogP contribution >= 0.6 is 0 Å². The summed E-state index contributed by atoms with van der Waals surface area (Å²) >= 11 is 0. The summed E-state index contributed by atoms with van der Waals surface area (Å²) in [6.07, 6.45) is 0. The molecule has 0 aliphatic rings. The minimum absolute atomic E-state index is 0.649. The molecule has 0 atom stereocenters. The Morgan fingerprint density at radius 3 is 1.64 bits per heavy atom. The van der Waals surface area contributed by atoms with E-state index >= 15 is 0 Å². The molecule has 0 N–H and O–H groups in total. The summed E-state index contributed by atoms with van der Waals surface area (Å²) in [5, 5.41) is 16.0. The fourth-order valence-corrected chi connectivity index (χ4v) is 9.29. The van der Waals surface area contributed by atoms with E-state index in [4.69, 9.17) is 0 Å². The van der Waals surface area contributed by atoms with Gasteiger partial charge in [0.25, 0.3) is 0 Å². The zero-order valence-corrected chi connectivity index (χ0v) is 32.5. The lowest BCUT2D eigenvalue weighted by atomic mass is 9.84. The van der Waals surface area contributed by atoms with Gasteiger partial charge in [-0.1, -0.05) is 164 Å². The highest BCUT2D eigenvalue weighted by atomic mass is 15.0. The van der Waals surface area contributed by atoms with E-state index in [1.165, 1.54) is 27.4 Å². The number of rotatable bonds is 6. The number of hydrogen-bond acceptors (Lipinski definition) is 1.